The number of aromatic nitrogens is 2. The quantitative estimate of drug-likeness (QED) is 0.737. The van der Waals surface area contributed by atoms with E-state index < -0.39 is 5.91 Å². The second-order valence-electron chi connectivity index (χ2n) is 5.02. The number of nitrogens with one attached hydrogen (secondary N) is 2. The van der Waals surface area contributed by atoms with Gasteiger partial charge in [0.05, 0.1) is 6.54 Å². The molecule has 7 heteroatoms. The average molecular weight is 301 g/mol. The van der Waals surface area contributed by atoms with Gasteiger partial charge in [-0.25, -0.2) is 4.79 Å². The predicted octanol–water partition coefficient (Wildman–Crippen LogP) is 0.870. The molecule has 4 N–H and O–H groups in total. The van der Waals surface area contributed by atoms with Gasteiger partial charge in [0.25, 0.3) is 0 Å². The molecular formula is C15H19N5O2. The van der Waals surface area contributed by atoms with Gasteiger partial charge in [-0.1, -0.05) is 12.1 Å². The number of hydrogen-bond donors (Lipinski definition) is 3. The summed E-state index contributed by atoms with van der Waals surface area (Å²) in [6, 6.07) is 8.33. The molecule has 2 rings (SSSR count). The van der Waals surface area contributed by atoms with Crippen LogP contribution in [0.25, 0.3) is 0 Å². The Morgan fingerprint density at radius 3 is 2.64 bits per heavy atom. The highest BCUT2D eigenvalue weighted by Gasteiger charge is 2.08. The minimum Gasteiger partial charge on any atom is -0.366 e. The number of primary amides is 1. The Labute approximate surface area is 128 Å². The number of urea groups is 1. The second kappa shape index (κ2) is 7.26. The molecule has 0 unspecified atom stereocenters. The fourth-order valence-corrected chi connectivity index (χ4v) is 1.98. The zero-order chi connectivity index (χ0) is 15.9. The van der Waals surface area contributed by atoms with Crippen LogP contribution in [0.15, 0.2) is 42.7 Å². The molecule has 0 spiro atoms. The molecule has 0 radical (unpaired) electrons. The van der Waals surface area contributed by atoms with E-state index in [9.17, 15) is 9.59 Å². The first kappa shape index (κ1) is 15.6. The smallest absolute Gasteiger partial charge is 0.315 e. The summed E-state index contributed by atoms with van der Waals surface area (Å²) >= 11 is 0. The van der Waals surface area contributed by atoms with Crippen LogP contribution in [0.2, 0.25) is 0 Å². The van der Waals surface area contributed by atoms with E-state index >= 15 is 0 Å². The lowest BCUT2D eigenvalue weighted by molar-refractivity contribution is 0.1000. The molecule has 0 aliphatic heterocycles. The van der Waals surface area contributed by atoms with Crippen molar-refractivity contribution in [2.75, 3.05) is 0 Å². The van der Waals surface area contributed by atoms with Crippen molar-refractivity contribution in [3.8, 4) is 0 Å². The molecule has 0 saturated heterocycles. The van der Waals surface area contributed by atoms with Gasteiger partial charge in [-0.3, -0.25) is 9.48 Å². The lowest BCUT2D eigenvalue weighted by atomic mass is 10.1. The SMILES string of the molecule is C[C@@H](Cn1cccn1)NC(=O)NCc1ccc(C(N)=O)cc1. The van der Waals surface area contributed by atoms with Crippen molar-refractivity contribution in [1.82, 2.24) is 20.4 Å². The predicted molar refractivity (Wildman–Crippen MR) is 82.0 cm³/mol. The highest BCUT2D eigenvalue weighted by molar-refractivity contribution is 5.92. The Kier molecular flexibility index (Phi) is 5.13. The second-order valence-corrected chi connectivity index (χ2v) is 5.02. The van der Waals surface area contributed by atoms with E-state index in [0.29, 0.717) is 18.7 Å². The first-order chi connectivity index (χ1) is 10.5. The number of nitrogens with zero attached hydrogens (tertiary/aromatic N) is 2. The van der Waals surface area contributed by atoms with Gasteiger partial charge in [0.1, 0.15) is 0 Å². The van der Waals surface area contributed by atoms with Gasteiger partial charge in [-0.05, 0) is 30.7 Å². The van der Waals surface area contributed by atoms with Gasteiger partial charge in [0, 0.05) is 30.5 Å². The van der Waals surface area contributed by atoms with E-state index in [1.54, 1.807) is 35.1 Å². The number of amides is 3. The van der Waals surface area contributed by atoms with Crippen molar-refractivity contribution in [3.05, 3.63) is 53.9 Å². The molecule has 3 amide bonds. The third-order valence-electron chi connectivity index (χ3n) is 3.09. The maximum atomic E-state index is 11.8. The van der Waals surface area contributed by atoms with Crippen LogP contribution in [0, 0.1) is 0 Å². The molecule has 2 aromatic rings. The molecule has 22 heavy (non-hydrogen) atoms. The highest BCUT2D eigenvalue weighted by atomic mass is 16.2. The van der Waals surface area contributed by atoms with E-state index in [2.05, 4.69) is 15.7 Å². The van der Waals surface area contributed by atoms with Crippen molar-refractivity contribution in [3.63, 3.8) is 0 Å². The minimum atomic E-state index is -0.468. The normalized spacial score (nSPS) is 11.7. The molecule has 0 aliphatic carbocycles. The Hall–Kier alpha value is -2.83. The van der Waals surface area contributed by atoms with Crippen LogP contribution in [-0.2, 0) is 13.1 Å². The van der Waals surface area contributed by atoms with E-state index in [0.717, 1.165) is 5.56 Å². The monoisotopic (exact) mass is 301 g/mol. The van der Waals surface area contributed by atoms with Gasteiger partial charge in [-0.15, -0.1) is 0 Å². The van der Waals surface area contributed by atoms with Crippen LogP contribution in [0.3, 0.4) is 0 Å². The van der Waals surface area contributed by atoms with Crippen molar-refractivity contribution in [2.45, 2.75) is 26.1 Å². The number of rotatable bonds is 6. The van der Waals surface area contributed by atoms with Gasteiger partial charge < -0.3 is 16.4 Å². The fourth-order valence-electron chi connectivity index (χ4n) is 1.98. The molecule has 7 nitrogen and oxygen atoms in total. The van der Waals surface area contributed by atoms with Crippen LogP contribution in [0.1, 0.15) is 22.8 Å². The Morgan fingerprint density at radius 2 is 2.05 bits per heavy atom. The van der Waals surface area contributed by atoms with Crippen molar-refractivity contribution in [1.29, 1.82) is 0 Å². The molecular weight excluding hydrogens is 282 g/mol. The maximum Gasteiger partial charge on any atom is 0.315 e. The van der Waals surface area contributed by atoms with Crippen molar-refractivity contribution >= 4 is 11.9 Å². The number of carbonyl (C=O) groups excluding carboxylic acids is 2. The Bertz CT molecular complexity index is 622. The van der Waals surface area contributed by atoms with E-state index in [1.165, 1.54) is 0 Å². The van der Waals surface area contributed by atoms with Crippen LogP contribution in [-0.4, -0.2) is 27.8 Å². The largest absolute Gasteiger partial charge is 0.366 e. The summed E-state index contributed by atoms with van der Waals surface area (Å²) in [5, 5.41) is 9.68. The highest BCUT2D eigenvalue weighted by Crippen LogP contribution is 2.03. The third kappa shape index (κ3) is 4.62. The molecule has 116 valence electrons. The molecule has 0 saturated carbocycles. The zero-order valence-electron chi connectivity index (χ0n) is 12.3. The van der Waals surface area contributed by atoms with Gasteiger partial charge in [0.2, 0.25) is 5.91 Å². The van der Waals surface area contributed by atoms with Crippen LogP contribution >= 0.6 is 0 Å². The molecule has 1 aromatic heterocycles. The summed E-state index contributed by atoms with van der Waals surface area (Å²) in [7, 11) is 0. The summed E-state index contributed by atoms with van der Waals surface area (Å²) in [5.41, 5.74) is 6.50. The van der Waals surface area contributed by atoms with E-state index in [-0.39, 0.29) is 12.1 Å². The topological polar surface area (TPSA) is 102 Å². The van der Waals surface area contributed by atoms with Gasteiger partial charge >= 0.3 is 6.03 Å². The molecule has 1 aromatic carbocycles. The summed E-state index contributed by atoms with van der Waals surface area (Å²) in [5.74, 6) is -0.468. The maximum absolute atomic E-state index is 11.8. The summed E-state index contributed by atoms with van der Waals surface area (Å²) in [6.07, 6.45) is 3.54. The average Bonchev–Trinajstić information content (AvgIpc) is 2.98. The standard InChI is InChI=1S/C15H19N5O2/c1-11(10-20-8-2-7-18-20)19-15(22)17-9-12-3-5-13(6-4-12)14(16)21/h2-8,11H,9-10H2,1H3,(H2,16,21)(H2,17,19,22)/t11-/m0/s1. The molecule has 1 atom stereocenters. The third-order valence-corrected chi connectivity index (χ3v) is 3.09. The van der Waals surface area contributed by atoms with E-state index in [4.69, 9.17) is 5.73 Å². The molecule has 0 fully saturated rings. The molecule has 0 bridgehead atoms. The van der Waals surface area contributed by atoms with Crippen LogP contribution < -0.4 is 16.4 Å². The Balaban J connectivity index is 1.76. The lowest BCUT2D eigenvalue weighted by Gasteiger charge is -2.14. The first-order valence-electron chi connectivity index (χ1n) is 6.95. The van der Waals surface area contributed by atoms with Crippen molar-refractivity contribution in [2.24, 2.45) is 5.73 Å². The summed E-state index contributed by atoms with van der Waals surface area (Å²) in [4.78, 5) is 22.8. The fraction of sp³-hybridized carbons (Fsp3) is 0.267. The molecule has 0 aliphatic rings. The number of carbonyl (C=O) groups is 2. The molecule has 1 heterocycles. The summed E-state index contributed by atoms with van der Waals surface area (Å²) in [6.45, 7) is 2.88. The van der Waals surface area contributed by atoms with Crippen molar-refractivity contribution < 1.29 is 9.59 Å². The van der Waals surface area contributed by atoms with Crippen LogP contribution in [0.5, 0.6) is 0 Å². The summed E-state index contributed by atoms with van der Waals surface area (Å²) < 4.78 is 1.76. The van der Waals surface area contributed by atoms with Gasteiger partial charge in [0.15, 0.2) is 0 Å². The number of nitrogens with two attached hydrogens (primary N) is 1. The Morgan fingerprint density at radius 1 is 1.32 bits per heavy atom. The lowest BCUT2D eigenvalue weighted by Crippen LogP contribution is -2.42. The zero-order valence-corrected chi connectivity index (χ0v) is 12.3. The number of benzene rings is 1. The van der Waals surface area contributed by atoms with Crippen LogP contribution in [0.4, 0.5) is 4.79 Å². The minimum absolute atomic E-state index is 0.0443. The number of hydrogen-bond acceptors (Lipinski definition) is 3. The van der Waals surface area contributed by atoms with E-state index in [1.807, 2.05) is 19.2 Å². The van der Waals surface area contributed by atoms with Gasteiger partial charge in [-0.2, -0.15) is 5.10 Å². The first-order valence-corrected chi connectivity index (χ1v) is 6.95.